The molecule has 0 saturated carbocycles. The summed E-state index contributed by atoms with van der Waals surface area (Å²) >= 11 is 1.57. The Morgan fingerprint density at radius 2 is 2.02 bits per heavy atom. The van der Waals surface area contributed by atoms with Gasteiger partial charge in [-0.3, -0.25) is 4.98 Å². The smallest absolute Gasteiger partial charge is 0.175 e. The predicted molar refractivity (Wildman–Crippen MR) is 152 cm³/mol. The number of nitrogens with two attached hydrogens (primary N) is 1. The van der Waals surface area contributed by atoms with Gasteiger partial charge in [0.1, 0.15) is 24.2 Å². The molecule has 4 aliphatic rings. The normalized spacial score (nSPS) is 24.5. The Bertz CT molecular complexity index is 1350. The van der Waals surface area contributed by atoms with Gasteiger partial charge in [0, 0.05) is 56.8 Å². The summed E-state index contributed by atoms with van der Waals surface area (Å²) in [5.41, 5.74) is 9.21. The van der Waals surface area contributed by atoms with Gasteiger partial charge in [-0.05, 0) is 48.8 Å². The first-order valence-electron chi connectivity index (χ1n) is 14.0. The van der Waals surface area contributed by atoms with Gasteiger partial charge in [-0.1, -0.05) is 17.8 Å². The standard InChI is InChI=1S/C29H35N7O3S/c1-37-18-38-16-19-11-20-17-39-26-23(4-8-32-28(26)36(20)15-19)40-25-14-33-24(13-34-25)35-9-5-29(6-10-35)12-22-21(27(29)30)3-2-7-31-22/h2-4,7-8,13-14,19-20,27H,5-6,9-12,15-18,30H2,1H3/t19-,20-,27+/m0/s1. The fourth-order valence-electron chi connectivity index (χ4n) is 6.83. The van der Waals surface area contributed by atoms with E-state index in [0.29, 0.717) is 32.0 Å². The zero-order valence-electron chi connectivity index (χ0n) is 22.7. The molecule has 1 spiro atoms. The molecule has 0 unspecified atom stereocenters. The number of methoxy groups -OCH3 is 1. The minimum atomic E-state index is 0.0578. The minimum Gasteiger partial charge on any atom is -0.486 e. The van der Waals surface area contributed by atoms with Crippen LogP contribution in [0.4, 0.5) is 11.6 Å². The topological polar surface area (TPSA) is 112 Å². The monoisotopic (exact) mass is 561 g/mol. The Labute approximate surface area is 238 Å². The molecule has 6 heterocycles. The lowest BCUT2D eigenvalue weighted by molar-refractivity contribution is -0.0414. The van der Waals surface area contributed by atoms with Crippen LogP contribution >= 0.6 is 11.8 Å². The van der Waals surface area contributed by atoms with Gasteiger partial charge < -0.3 is 29.7 Å². The highest BCUT2D eigenvalue weighted by Gasteiger charge is 2.46. The molecule has 3 aromatic heterocycles. The second-order valence-electron chi connectivity index (χ2n) is 11.3. The molecule has 3 aromatic rings. The van der Waals surface area contributed by atoms with Crippen molar-refractivity contribution in [1.82, 2.24) is 19.9 Å². The number of pyridine rings is 2. The molecule has 11 heteroatoms. The Kier molecular flexibility index (Phi) is 6.99. The molecule has 3 aliphatic heterocycles. The number of hydrogen-bond acceptors (Lipinski definition) is 11. The van der Waals surface area contributed by atoms with Crippen molar-refractivity contribution in [2.75, 3.05) is 56.6 Å². The average Bonchev–Trinajstić information content (AvgIpc) is 3.53. The maximum atomic E-state index is 6.72. The number of aromatic nitrogens is 4. The number of ether oxygens (including phenoxy) is 3. The first-order valence-corrected chi connectivity index (χ1v) is 14.8. The van der Waals surface area contributed by atoms with Crippen LogP contribution in [0.1, 0.15) is 36.6 Å². The molecule has 210 valence electrons. The van der Waals surface area contributed by atoms with E-state index in [0.717, 1.165) is 72.6 Å². The average molecular weight is 562 g/mol. The summed E-state index contributed by atoms with van der Waals surface area (Å²) < 4.78 is 16.9. The number of rotatable bonds is 7. The van der Waals surface area contributed by atoms with Crippen molar-refractivity contribution in [3.63, 3.8) is 0 Å². The maximum Gasteiger partial charge on any atom is 0.175 e. The quantitative estimate of drug-likeness (QED) is 0.338. The minimum absolute atomic E-state index is 0.0578. The summed E-state index contributed by atoms with van der Waals surface area (Å²) in [7, 11) is 1.65. The van der Waals surface area contributed by atoms with E-state index in [-0.39, 0.29) is 11.5 Å². The molecular formula is C29H35N7O3S. The van der Waals surface area contributed by atoms with Crippen LogP contribution in [0.25, 0.3) is 0 Å². The first-order chi connectivity index (χ1) is 19.6. The Morgan fingerprint density at radius 3 is 2.83 bits per heavy atom. The number of fused-ring (bicyclic) bond motifs is 4. The SMILES string of the molecule is COCOC[C@H]1C[C@H]2COc3c(Sc4cnc(N5CCC6(CC5)Cc5ncccc5[C@H]6N)cn4)ccnc3N2C1. The van der Waals surface area contributed by atoms with Gasteiger partial charge in [0.2, 0.25) is 0 Å². The third kappa shape index (κ3) is 4.68. The van der Waals surface area contributed by atoms with Gasteiger partial charge in [-0.2, -0.15) is 0 Å². The fourth-order valence-corrected chi connectivity index (χ4v) is 7.64. The third-order valence-corrected chi connectivity index (χ3v) is 9.91. The summed E-state index contributed by atoms with van der Waals surface area (Å²) in [6.07, 6.45) is 11.5. The molecular weight excluding hydrogens is 526 g/mol. The zero-order chi connectivity index (χ0) is 27.1. The van der Waals surface area contributed by atoms with Gasteiger partial charge in [0.15, 0.2) is 11.6 Å². The van der Waals surface area contributed by atoms with Crippen LogP contribution in [0.2, 0.25) is 0 Å². The van der Waals surface area contributed by atoms with Crippen molar-refractivity contribution in [3.05, 3.63) is 54.2 Å². The van der Waals surface area contributed by atoms with Crippen LogP contribution in [-0.4, -0.2) is 72.7 Å². The van der Waals surface area contributed by atoms with Crippen molar-refractivity contribution in [1.29, 1.82) is 0 Å². The Morgan fingerprint density at radius 1 is 1.12 bits per heavy atom. The van der Waals surface area contributed by atoms with E-state index in [9.17, 15) is 0 Å². The molecule has 1 aliphatic carbocycles. The van der Waals surface area contributed by atoms with Gasteiger partial charge in [0.25, 0.3) is 0 Å². The van der Waals surface area contributed by atoms with Crippen LogP contribution in [-0.2, 0) is 15.9 Å². The van der Waals surface area contributed by atoms with Crippen molar-refractivity contribution < 1.29 is 14.2 Å². The van der Waals surface area contributed by atoms with Gasteiger partial charge in [-0.15, -0.1) is 0 Å². The number of nitrogens with zero attached hydrogens (tertiary/aromatic N) is 6. The Hall–Kier alpha value is -2.99. The molecule has 0 radical (unpaired) electrons. The lowest BCUT2D eigenvalue weighted by Gasteiger charge is -2.42. The van der Waals surface area contributed by atoms with Crippen molar-refractivity contribution in [2.24, 2.45) is 17.1 Å². The third-order valence-electron chi connectivity index (χ3n) is 8.95. The summed E-state index contributed by atoms with van der Waals surface area (Å²) in [4.78, 5) is 24.5. The summed E-state index contributed by atoms with van der Waals surface area (Å²) in [5, 5.41) is 0.836. The molecule has 2 saturated heterocycles. The molecule has 40 heavy (non-hydrogen) atoms. The summed E-state index contributed by atoms with van der Waals surface area (Å²) in [6, 6.07) is 6.51. The zero-order valence-corrected chi connectivity index (χ0v) is 23.6. The molecule has 0 aromatic carbocycles. The van der Waals surface area contributed by atoms with Crippen molar-refractivity contribution >= 4 is 23.4 Å². The molecule has 2 fully saturated rings. The van der Waals surface area contributed by atoms with Crippen LogP contribution in [0.5, 0.6) is 5.75 Å². The van der Waals surface area contributed by atoms with E-state index in [4.69, 9.17) is 29.9 Å². The summed E-state index contributed by atoms with van der Waals surface area (Å²) in [5.74, 6) is 3.09. The highest BCUT2D eigenvalue weighted by molar-refractivity contribution is 7.99. The highest BCUT2D eigenvalue weighted by Crippen LogP contribution is 2.50. The van der Waals surface area contributed by atoms with Crippen LogP contribution in [0.15, 0.2) is 52.9 Å². The number of piperidine rings is 1. The largest absolute Gasteiger partial charge is 0.486 e. The first kappa shape index (κ1) is 25.9. The van der Waals surface area contributed by atoms with E-state index in [1.54, 1.807) is 18.9 Å². The molecule has 0 bridgehead atoms. The highest BCUT2D eigenvalue weighted by atomic mass is 32.2. The van der Waals surface area contributed by atoms with E-state index < -0.39 is 0 Å². The van der Waals surface area contributed by atoms with Gasteiger partial charge >= 0.3 is 0 Å². The molecule has 3 atom stereocenters. The maximum absolute atomic E-state index is 6.72. The molecule has 0 amide bonds. The van der Waals surface area contributed by atoms with E-state index >= 15 is 0 Å². The van der Waals surface area contributed by atoms with Crippen molar-refractivity contribution in [3.8, 4) is 5.75 Å². The molecule has 2 N–H and O–H groups in total. The molecule has 10 nitrogen and oxygen atoms in total. The lowest BCUT2D eigenvalue weighted by atomic mass is 9.73. The van der Waals surface area contributed by atoms with E-state index in [1.165, 1.54) is 11.3 Å². The second kappa shape index (κ2) is 10.8. The molecule has 7 rings (SSSR count). The van der Waals surface area contributed by atoms with Gasteiger partial charge in [-0.25, -0.2) is 15.0 Å². The fraction of sp³-hybridized carbons (Fsp3) is 0.517. The lowest BCUT2D eigenvalue weighted by Crippen LogP contribution is -2.44. The predicted octanol–water partition coefficient (Wildman–Crippen LogP) is 3.47. The number of hydrogen-bond donors (Lipinski definition) is 1. The Balaban J connectivity index is 0.994. The van der Waals surface area contributed by atoms with E-state index in [2.05, 4.69) is 25.8 Å². The number of anilines is 2. The van der Waals surface area contributed by atoms with Crippen LogP contribution in [0, 0.1) is 11.3 Å². The summed E-state index contributed by atoms with van der Waals surface area (Å²) in [6.45, 7) is 4.41. The second-order valence-corrected chi connectivity index (χ2v) is 12.4. The van der Waals surface area contributed by atoms with E-state index in [1.807, 2.05) is 36.9 Å². The van der Waals surface area contributed by atoms with Crippen LogP contribution < -0.4 is 20.3 Å². The van der Waals surface area contributed by atoms with Gasteiger partial charge in [0.05, 0.1) is 29.9 Å². The van der Waals surface area contributed by atoms with Crippen LogP contribution in [0.3, 0.4) is 0 Å². The van der Waals surface area contributed by atoms with Crippen molar-refractivity contribution in [2.45, 2.75) is 47.7 Å².